The quantitative estimate of drug-likeness (QED) is 0.482. The van der Waals surface area contributed by atoms with Crippen LogP contribution in [-0.4, -0.2) is 26.4 Å². The Balaban J connectivity index is 2.18. The van der Waals surface area contributed by atoms with Crippen LogP contribution in [0.1, 0.15) is 10.4 Å². The summed E-state index contributed by atoms with van der Waals surface area (Å²) >= 11 is 0.0791. The van der Waals surface area contributed by atoms with E-state index in [2.05, 4.69) is 0 Å². The zero-order valence-corrected chi connectivity index (χ0v) is 11.4. The van der Waals surface area contributed by atoms with Crippen molar-refractivity contribution in [2.75, 3.05) is 6.54 Å². The van der Waals surface area contributed by atoms with E-state index in [0.717, 1.165) is 5.56 Å². The minimum absolute atomic E-state index is 0.00108. The molecule has 0 amide bonds. The van der Waals surface area contributed by atoms with E-state index < -0.39 is 0 Å². The van der Waals surface area contributed by atoms with E-state index >= 15 is 0 Å². The van der Waals surface area contributed by atoms with Crippen molar-refractivity contribution in [3.63, 3.8) is 0 Å². The summed E-state index contributed by atoms with van der Waals surface area (Å²) < 4.78 is 1.20. The molecule has 0 aliphatic heterocycles. The van der Waals surface area contributed by atoms with Crippen LogP contribution in [0.3, 0.4) is 0 Å². The van der Waals surface area contributed by atoms with Crippen LogP contribution >= 0.6 is 0 Å². The van der Waals surface area contributed by atoms with Gasteiger partial charge in [0.25, 0.3) is 0 Å². The van der Waals surface area contributed by atoms with Crippen molar-refractivity contribution in [2.45, 2.75) is 4.82 Å². The van der Waals surface area contributed by atoms with E-state index in [1.54, 1.807) is 0 Å². The molecule has 1 atom stereocenters. The zero-order valence-electron chi connectivity index (χ0n) is 9.73. The van der Waals surface area contributed by atoms with Crippen LogP contribution in [0, 0.1) is 10.1 Å². The van der Waals surface area contributed by atoms with Crippen molar-refractivity contribution < 1.29 is 4.92 Å². The first-order valence-electron chi connectivity index (χ1n) is 5.64. The summed E-state index contributed by atoms with van der Waals surface area (Å²) in [7, 11) is 0. The number of hydrogen-bond donors (Lipinski definition) is 0. The monoisotopic (exact) mass is 307 g/mol. The molecule has 0 aliphatic rings. The van der Waals surface area contributed by atoms with Gasteiger partial charge in [0, 0.05) is 0 Å². The van der Waals surface area contributed by atoms with E-state index in [0.29, 0.717) is 0 Å². The summed E-state index contributed by atoms with van der Waals surface area (Å²) in [6, 6.07) is 19.7. The van der Waals surface area contributed by atoms with Gasteiger partial charge in [-0.3, -0.25) is 0 Å². The SMILES string of the molecule is O=[N+]([O-])CC([Se]c1ccccc1)c1ccccc1. The summed E-state index contributed by atoms with van der Waals surface area (Å²) in [6.45, 7) is -0.00108. The van der Waals surface area contributed by atoms with Gasteiger partial charge in [-0.2, -0.15) is 0 Å². The molecule has 0 aliphatic carbocycles. The molecule has 2 aromatic carbocycles. The van der Waals surface area contributed by atoms with Crippen molar-refractivity contribution in [2.24, 2.45) is 0 Å². The molecule has 0 fully saturated rings. The van der Waals surface area contributed by atoms with Crippen LogP contribution in [0.15, 0.2) is 60.7 Å². The Morgan fingerprint density at radius 2 is 1.56 bits per heavy atom. The second-order valence-corrected chi connectivity index (χ2v) is 6.52. The average Bonchev–Trinajstić information content (AvgIpc) is 2.40. The molecule has 0 bridgehead atoms. The summed E-state index contributed by atoms with van der Waals surface area (Å²) in [5.74, 6) is 0. The van der Waals surface area contributed by atoms with Crippen molar-refractivity contribution in [1.82, 2.24) is 0 Å². The molecule has 0 heterocycles. The molecule has 3 nitrogen and oxygen atoms in total. The van der Waals surface area contributed by atoms with Gasteiger partial charge in [0.1, 0.15) is 0 Å². The molecule has 0 spiro atoms. The van der Waals surface area contributed by atoms with Gasteiger partial charge < -0.3 is 0 Å². The molecule has 2 rings (SSSR count). The number of hydrogen-bond acceptors (Lipinski definition) is 2. The van der Waals surface area contributed by atoms with Gasteiger partial charge in [-0.15, -0.1) is 0 Å². The summed E-state index contributed by atoms with van der Waals surface area (Å²) in [4.78, 5) is 10.6. The Hall–Kier alpha value is -1.64. The number of nitro groups is 1. The predicted octanol–water partition coefficient (Wildman–Crippen LogP) is 2.03. The van der Waals surface area contributed by atoms with E-state index in [1.165, 1.54) is 4.46 Å². The average molecular weight is 306 g/mol. The Morgan fingerprint density at radius 1 is 1.00 bits per heavy atom. The summed E-state index contributed by atoms with van der Waals surface area (Å²) in [5, 5.41) is 10.8. The van der Waals surface area contributed by atoms with Gasteiger partial charge in [0.15, 0.2) is 0 Å². The fraction of sp³-hybridized carbons (Fsp3) is 0.143. The molecular formula is C14H13NO2Se. The van der Waals surface area contributed by atoms with Crippen molar-refractivity contribution >= 4 is 19.4 Å². The fourth-order valence-corrected chi connectivity index (χ4v) is 4.05. The Morgan fingerprint density at radius 3 is 2.11 bits per heavy atom. The van der Waals surface area contributed by atoms with E-state index in [-0.39, 0.29) is 31.2 Å². The minimum atomic E-state index is -0.220. The van der Waals surface area contributed by atoms with E-state index in [4.69, 9.17) is 0 Å². The van der Waals surface area contributed by atoms with Crippen LogP contribution in [-0.2, 0) is 0 Å². The molecular weight excluding hydrogens is 293 g/mol. The van der Waals surface area contributed by atoms with Crippen molar-refractivity contribution in [3.05, 3.63) is 76.3 Å². The Bertz CT molecular complexity index is 502. The first-order valence-corrected chi connectivity index (χ1v) is 7.49. The van der Waals surface area contributed by atoms with Crippen LogP contribution in [0.4, 0.5) is 0 Å². The molecule has 0 saturated heterocycles. The molecule has 0 radical (unpaired) electrons. The number of nitrogens with zero attached hydrogens (tertiary/aromatic N) is 1. The third-order valence-corrected chi connectivity index (χ3v) is 5.13. The molecule has 4 heteroatoms. The van der Waals surface area contributed by atoms with Crippen molar-refractivity contribution in [1.29, 1.82) is 0 Å². The second kappa shape index (κ2) is 6.33. The predicted molar refractivity (Wildman–Crippen MR) is 72.9 cm³/mol. The van der Waals surface area contributed by atoms with Crippen LogP contribution < -0.4 is 4.46 Å². The second-order valence-electron chi connectivity index (χ2n) is 3.85. The molecule has 2 aromatic rings. The molecule has 0 saturated carbocycles. The summed E-state index contributed by atoms with van der Waals surface area (Å²) in [5.41, 5.74) is 1.05. The van der Waals surface area contributed by atoms with E-state index in [9.17, 15) is 10.1 Å². The van der Waals surface area contributed by atoms with Crippen LogP contribution in [0.2, 0.25) is 0 Å². The van der Waals surface area contributed by atoms with Gasteiger partial charge >= 0.3 is 112 Å². The fourth-order valence-electron chi connectivity index (χ4n) is 1.68. The molecule has 18 heavy (non-hydrogen) atoms. The van der Waals surface area contributed by atoms with Gasteiger partial charge in [0.05, 0.1) is 0 Å². The third-order valence-electron chi connectivity index (χ3n) is 2.51. The molecule has 92 valence electrons. The van der Waals surface area contributed by atoms with Crippen molar-refractivity contribution in [3.8, 4) is 0 Å². The molecule has 0 N–H and O–H groups in total. The van der Waals surface area contributed by atoms with Gasteiger partial charge in [0.2, 0.25) is 0 Å². The number of rotatable bonds is 5. The van der Waals surface area contributed by atoms with Crippen LogP contribution in [0.5, 0.6) is 0 Å². The maximum absolute atomic E-state index is 10.8. The van der Waals surface area contributed by atoms with Crippen LogP contribution in [0.25, 0.3) is 0 Å². The standard InChI is InChI=1S/C14H13NO2Se/c16-15(17)11-14(12-7-3-1-4-8-12)18-13-9-5-2-6-10-13/h1-10,14H,11H2. The topological polar surface area (TPSA) is 43.1 Å². The van der Waals surface area contributed by atoms with Gasteiger partial charge in [-0.25, -0.2) is 0 Å². The Kier molecular flexibility index (Phi) is 4.51. The Labute approximate surface area is 112 Å². The maximum atomic E-state index is 10.8. The first-order chi connectivity index (χ1) is 8.75. The van der Waals surface area contributed by atoms with E-state index in [1.807, 2.05) is 60.7 Å². The van der Waals surface area contributed by atoms with Gasteiger partial charge in [-0.1, -0.05) is 0 Å². The third kappa shape index (κ3) is 3.69. The normalized spacial score (nSPS) is 12.0. The zero-order chi connectivity index (χ0) is 12.8. The molecule has 1 unspecified atom stereocenters. The summed E-state index contributed by atoms with van der Waals surface area (Å²) in [6.07, 6.45) is 0. The number of benzene rings is 2. The first kappa shape index (κ1) is 12.8. The molecule has 0 aromatic heterocycles. The van der Waals surface area contributed by atoms with Gasteiger partial charge in [-0.05, 0) is 0 Å².